The van der Waals surface area contributed by atoms with Gasteiger partial charge in [0.05, 0.1) is 18.9 Å². The summed E-state index contributed by atoms with van der Waals surface area (Å²) >= 11 is 1.79. The van der Waals surface area contributed by atoms with Crippen molar-refractivity contribution in [3.05, 3.63) is 10.6 Å². The number of nitrogens with zero attached hydrogens (tertiary/aromatic N) is 2. The lowest BCUT2D eigenvalue weighted by Gasteiger charge is -2.19. The van der Waals surface area contributed by atoms with Gasteiger partial charge in [-0.3, -0.25) is 0 Å². The number of hydrogen-bond acceptors (Lipinski definition) is 6. The molecule has 2 rings (SSSR count). The molecular weight excluding hydrogens is 274 g/mol. The summed E-state index contributed by atoms with van der Waals surface area (Å²) in [5.74, 6) is 0. The maximum absolute atomic E-state index is 5.27. The van der Waals surface area contributed by atoms with Gasteiger partial charge in [0.2, 0.25) is 0 Å². The second-order valence-corrected chi connectivity index (χ2v) is 6.22. The maximum Gasteiger partial charge on any atom is 0.186 e. The fourth-order valence-corrected chi connectivity index (χ4v) is 3.64. The van der Waals surface area contributed by atoms with Crippen molar-refractivity contribution in [1.29, 1.82) is 0 Å². The van der Waals surface area contributed by atoms with Gasteiger partial charge >= 0.3 is 0 Å². The second kappa shape index (κ2) is 7.93. The number of methoxy groups -OCH3 is 2. The van der Waals surface area contributed by atoms with Crippen molar-refractivity contribution < 1.29 is 9.47 Å². The zero-order valence-electron chi connectivity index (χ0n) is 12.6. The molecule has 0 radical (unpaired) electrons. The van der Waals surface area contributed by atoms with Crippen LogP contribution in [0.1, 0.15) is 30.3 Å². The van der Waals surface area contributed by atoms with Crippen molar-refractivity contribution in [2.75, 3.05) is 38.8 Å². The zero-order chi connectivity index (χ0) is 14.4. The number of thiazole rings is 1. The molecule has 1 N–H and O–H groups in total. The lowest BCUT2D eigenvalue weighted by Crippen LogP contribution is -2.25. The van der Waals surface area contributed by atoms with Crippen molar-refractivity contribution in [2.45, 2.75) is 39.0 Å². The first-order chi connectivity index (χ1) is 9.76. The summed E-state index contributed by atoms with van der Waals surface area (Å²) in [5.41, 5.74) is 1.07. The van der Waals surface area contributed by atoms with E-state index in [0.717, 1.165) is 37.1 Å². The van der Waals surface area contributed by atoms with Crippen LogP contribution in [0.4, 0.5) is 5.13 Å². The van der Waals surface area contributed by atoms with Crippen molar-refractivity contribution in [1.82, 2.24) is 10.3 Å². The number of nitrogens with one attached hydrogen (secondary N) is 1. The monoisotopic (exact) mass is 299 g/mol. The van der Waals surface area contributed by atoms with Crippen LogP contribution in [0, 0.1) is 0 Å². The summed E-state index contributed by atoms with van der Waals surface area (Å²) in [6.07, 6.45) is 2.53. The van der Waals surface area contributed by atoms with Crippen LogP contribution in [0.5, 0.6) is 0 Å². The Kier molecular flexibility index (Phi) is 6.22. The Bertz CT molecular complexity index is 411. The highest BCUT2D eigenvalue weighted by molar-refractivity contribution is 7.15. The molecule has 1 aliphatic heterocycles. The highest BCUT2D eigenvalue weighted by Gasteiger charge is 2.24. The van der Waals surface area contributed by atoms with Crippen molar-refractivity contribution in [3.8, 4) is 0 Å². The Morgan fingerprint density at radius 3 is 2.90 bits per heavy atom. The van der Waals surface area contributed by atoms with E-state index >= 15 is 0 Å². The van der Waals surface area contributed by atoms with E-state index in [1.165, 1.54) is 17.7 Å². The van der Waals surface area contributed by atoms with E-state index in [0.29, 0.717) is 12.6 Å². The molecule has 20 heavy (non-hydrogen) atoms. The van der Waals surface area contributed by atoms with Crippen LogP contribution in [0.25, 0.3) is 0 Å². The Balaban J connectivity index is 2.03. The predicted octanol–water partition coefficient (Wildman–Crippen LogP) is 2.01. The van der Waals surface area contributed by atoms with Crippen LogP contribution < -0.4 is 10.2 Å². The van der Waals surface area contributed by atoms with E-state index in [-0.39, 0.29) is 0 Å². The molecule has 0 spiro atoms. The molecule has 1 saturated heterocycles. The molecule has 114 valence electrons. The zero-order valence-corrected chi connectivity index (χ0v) is 13.5. The predicted molar refractivity (Wildman–Crippen MR) is 82.5 cm³/mol. The van der Waals surface area contributed by atoms with Crippen molar-refractivity contribution in [2.24, 2.45) is 0 Å². The third kappa shape index (κ3) is 3.91. The molecule has 1 unspecified atom stereocenters. The molecule has 0 saturated carbocycles. The highest BCUT2D eigenvalue weighted by Crippen LogP contribution is 2.32. The molecule has 0 bridgehead atoms. The van der Waals surface area contributed by atoms with Gasteiger partial charge in [-0.2, -0.15) is 0 Å². The first kappa shape index (κ1) is 15.7. The standard InChI is InChI=1S/C14H25N3O2S/c1-11-5-4-7-17(11)14-16-12(10-19-3)13(20-14)9-15-6-8-18-2/h11,15H,4-10H2,1-3H3. The molecule has 1 fully saturated rings. The Morgan fingerprint density at radius 1 is 1.40 bits per heavy atom. The van der Waals surface area contributed by atoms with E-state index < -0.39 is 0 Å². The molecule has 1 atom stereocenters. The third-order valence-corrected chi connectivity index (χ3v) is 4.75. The first-order valence-corrected chi connectivity index (χ1v) is 8.01. The molecule has 1 aliphatic rings. The van der Waals surface area contributed by atoms with Gasteiger partial charge < -0.3 is 19.7 Å². The number of rotatable bonds is 8. The van der Waals surface area contributed by atoms with Crippen LogP contribution in [0.3, 0.4) is 0 Å². The lowest BCUT2D eigenvalue weighted by molar-refractivity contribution is 0.181. The average Bonchev–Trinajstić information content (AvgIpc) is 3.02. The van der Waals surface area contributed by atoms with Crippen molar-refractivity contribution in [3.63, 3.8) is 0 Å². The van der Waals surface area contributed by atoms with Gasteiger partial charge in [-0.15, -0.1) is 11.3 Å². The van der Waals surface area contributed by atoms with Gasteiger partial charge in [0.1, 0.15) is 0 Å². The molecule has 5 nitrogen and oxygen atoms in total. The normalized spacial score (nSPS) is 18.9. The Hall–Kier alpha value is -0.690. The number of ether oxygens (including phenoxy) is 2. The van der Waals surface area contributed by atoms with Crippen LogP contribution in [0.15, 0.2) is 0 Å². The molecule has 1 aromatic heterocycles. The number of anilines is 1. The molecular formula is C14H25N3O2S. The lowest BCUT2D eigenvalue weighted by atomic mass is 10.2. The fourth-order valence-electron chi connectivity index (χ4n) is 2.47. The fraction of sp³-hybridized carbons (Fsp3) is 0.786. The smallest absolute Gasteiger partial charge is 0.186 e. The topological polar surface area (TPSA) is 46.6 Å². The van der Waals surface area contributed by atoms with Gasteiger partial charge in [-0.25, -0.2) is 4.98 Å². The molecule has 6 heteroatoms. The summed E-state index contributed by atoms with van der Waals surface area (Å²) in [7, 11) is 3.44. The van der Waals surface area contributed by atoms with Gasteiger partial charge in [-0.05, 0) is 19.8 Å². The van der Waals surface area contributed by atoms with E-state index in [1.807, 2.05) is 0 Å². The first-order valence-electron chi connectivity index (χ1n) is 7.20. The Labute approximate surface area is 125 Å². The van der Waals surface area contributed by atoms with E-state index in [9.17, 15) is 0 Å². The van der Waals surface area contributed by atoms with E-state index in [2.05, 4.69) is 17.1 Å². The number of aromatic nitrogens is 1. The molecule has 0 amide bonds. The van der Waals surface area contributed by atoms with Gasteiger partial charge in [0.15, 0.2) is 5.13 Å². The largest absolute Gasteiger partial charge is 0.383 e. The minimum absolute atomic E-state index is 0.583. The maximum atomic E-state index is 5.27. The van der Waals surface area contributed by atoms with E-state index in [4.69, 9.17) is 14.5 Å². The third-order valence-electron chi connectivity index (χ3n) is 3.62. The molecule has 0 aliphatic carbocycles. The average molecular weight is 299 g/mol. The number of hydrogen-bond donors (Lipinski definition) is 1. The summed E-state index contributed by atoms with van der Waals surface area (Å²) < 4.78 is 10.3. The SMILES string of the molecule is COCCNCc1sc(N2CCCC2C)nc1COC. The summed E-state index contributed by atoms with van der Waals surface area (Å²) in [4.78, 5) is 8.47. The molecule has 1 aromatic rings. The van der Waals surface area contributed by atoms with Crippen LogP contribution in [-0.4, -0.2) is 44.9 Å². The molecule has 2 heterocycles. The summed E-state index contributed by atoms with van der Waals surface area (Å²) in [6.45, 7) is 6.41. The second-order valence-electron chi connectivity index (χ2n) is 5.15. The minimum Gasteiger partial charge on any atom is -0.383 e. The Morgan fingerprint density at radius 2 is 2.25 bits per heavy atom. The van der Waals surface area contributed by atoms with Gasteiger partial charge in [0, 0.05) is 44.8 Å². The summed E-state index contributed by atoms with van der Waals surface area (Å²) in [5, 5.41) is 4.53. The van der Waals surface area contributed by atoms with E-state index in [1.54, 1.807) is 25.6 Å². The van der Waals surface area contributed by atoms with Crippen LogP contribution >= 0.6 is 11.3 Å². The quantitative estimate of drug-likeness (QED) is 0.744. The minimum atomic E-state index is 0.583. The molecule has 0 aromatic carbocycles. The van der Waals surface area contributed by atoms with Gasteiger partial charge in [-0.1, -0.05) is 0 Å². The van der Waals surface area contributed by atoms with Crippen LogP contribution in [-0.2, 0) is 22.6 Å². The van der Waals surface area contributed by atoms with Crippen LogP contribution in [0.2, 0.25) is 0 Å². The van der Waals surface area contributed by atoms with Gasteiger partial charge in [0.25, 0.3) is 0 Å². The summed E-state index contributed by atoms with van der Waals surface area (Å²) in [6, 6.07) is 0.603. The van der Waals surface area contributed by atoms with Crippen molar-refractivity contribution >= 4 is 16.5 Å². The highest BCUT2D eigenvalue weighted by atomic mass is 32.1.